The molecule has 0 saturated carbocycles. The van der Waals surface area contributed by atoms with E-state index in [1.807, 2.05) is 0 Å². The van der Waals surface area contributed by atoms with Gasteiger partial charge in [0.05, 0.1) is 0 Å². The molecule has 0 fully saturated rings. The summed E-state index contributed by atoms with van der Waals surface area (Å²) in [7, 11) is 0. The van der Waals surface area contributed by atoms with Crippen LogP contribution in [-0.2, 0) is 19.1 Å². The fraction of sp³-hybridized carbons (Fsp3) is 0.714. The van der Waals surface area contributed by atoms with E-state index < -0.39 is 18.7 Å². The minimum atomic E-state index is -0.941. The van der Waals surface area contributed by atoms with E-state index in [1.54, 1.807) is 0 Å². The Morgan fingerprint density at radius 2 is 2.31 bits per heavy atom. The largest absolute Gasteiger partial charge is 0.460 e. The lowest BCUT2D eigenvalue weighted by atomic mass is 10.3. The van der Waals surface area contributed by atoms with Gasteiger partial charge in [-0.3, -0.25) is 4.79 Å². The van der Waals surface area contributed by atoms with Crippen LogP contribution in [0, 0.1) is 0 Å². The zero-order chi connectivity index (χ0) is 10.1. The molecule has 0 aliphatic heterocycles. The van der Waals surface area contributed by atoms with Gasteiger partial charge in [0.1, 0.15) is 13.3 Å². The Morgan fingerprint density at radius 1 is 1.62 bits per heavy atom. The SMILES string of the molecule is O=COC(CCBr)C(=O)OCCF. The monoisotopic (exact) mass is 256 g/mol. The van der Waals surface area contributed by atoms with Crippen molar-refractivity contribution < 1.29 is 23.5 Å². The summed E-state index contributed by atoms with van der Waals surface area (Å²) >= 11 is 3.08. The lowest BCUT2D eigenvalue weighted by molar-refractivity contribution is -0.161. The van der Waals surface area contributed by atoms with E-state index >= 15 is 0 Å². The smallest absolute Gasteiger partial charge is 0.347 e. The summed E-state index contributed by atoms with van der Waals surface area (Å²) in [5, 5.41) is 0.496. The quantitative estimate of drug-likeness (QED) is 0.385. The zero-order valence-corrected chi connectivity index (χ0v) is 8.46. The molecule has 0 aromatic carbocycles. The Kier molecular flexibility index (Phi) is 7.57. The summed E-state index contributed by atoms with van der Waals surface area (Å²) in [5.74, 6) is -0.718. The van der Waals surface area contributed by atoms with E-state index in [9.17, 15) is 14.0 Å². The maximum atomic E-state index is 11.6. The summed E-state index contributed by atoms with van der Waals surface area (Å²) in [5.41, 5.74) is 0. The van der Waals surface area contributed by atoms with Crippen LogP contribution in [0.4, 0.5) is 4.39 Å². The van der Waals surface area contributed by atoms with Gasteiger partial charge in [0.25, 0.3) is 6.47 Å². The number of hydrogen-bond donors (Lipinski definition) is 0. The highest BCUT2D eigenvalue weighted by molar-refractivity contribution is 9.09. The third-order valence-corrected chi connectivity index (χ3v) is 1.63. The van der Waals surface area contributed by atoms with Crippen LogP contribution in [0.5, 0.6) is 0 Å². The summed E-state index contributed by atoms with van der Waals surface area (Å²) in [4.78, 5) is 20.9. The van der Waals surface area contributed by atoms with Crippen LogP contribution in [0.25, 0.3) is 0 Å². The van der Waals surface area contributed by atoms with Crippen LogP contribution < -0.4 is 0 Å². The molecule has 1 unspecified atom stereocenters. The summed E-state index contributed by atoms with van der Waals surface area (Å²) in [6.45, 7) is -0.877. The van der Waals surface area contributed by atoms with Gasteiger partial charge in [-0.25, -0.2) is 9.18 Å². The topological polar surface area (TPSA) is 52.6 Å². The molecule has 0 amide bonds. The predicted octanol–water partition coefficient (Wildman–Crippen LogP) is 0.826. The Bertz CT molecular complexity index is 165. The minimum absolute atomic E-state index is 0.171. The van der Waals surface area contributed by atoms with Crippen molar-refractivity contribution in [2.75, 3.05) is 18.6 Å². The van der Waals surface area contributed by atoms with Gasteiger partial charge in [0.15, 0.2) is 6.10 Å². The number of rotatable bonds is 7. The lowest BCUT2D eigenvalue weighted by Gasteiger charge is -2.11. The number of hydrogen-bond acceptors (Lipinski definition) is 4. The van der Waals surface area contributed by atoms with Crippen LogP contribution in [-0.4, -0.2) is 37.2 Å². The maximum absolute atomic E-state index is 11.6. The van der Waals surface area contributed by atoms with Crippen molar-refractivity contribution in [3.05, 3.63) is 0 Å². The third-order valence-electron chi connectivity index (χ3n) is 1.18. The van der Waals surface area contributed by atoms with Crippen molar-refractivity contribution in [1.82, 2.24) is 0 Å². The molecule has 0 aromatic rings. The molecule has 0 bridgehead atoms. The van der Waals surface area contributed by atoms with Crippen LogP contribution >= 0.6 is 15.9 Å². The summed E-state index contributed by atoms with van der Waals surface area (Å²) < 4.78 is 20.5. The number of alkyl halides is 2. The van der Waals surface area contributed by atoms with Crippen molar-refractivity contribution >= 4 is 28.4 Å². The molecule has 1 atom stereocenters. The van der Waals surface area contributed by atoms with E-state index in [2.05, 4.69) is 25.4 Å². The van der Waals surface area contributed by atoms with E-state index in [0.717, 1.165) is 0 Å². The molecule has 0 saturated heterocycles. The van der Waals surface area contributed by atoms with Crippen LogP contribution in [0.15, 0.2) is 0 Å². The molecule has 0 heterocycles. The van der Waals surface area contributed by atoms with E-state index in [-0.39, 0.29) is 13.1 Å². The predicted molar refractivity (Wildman–Crippen MR) is 46.3 cm³/mol. The first-order valence-electron chi connectivity index (χ1n) is 3.64. The van der Waals surface area contributed by atoms with Gasteiger partial charge in [0.2, 0.25) is 0 Å². The van der Waals surface area contributed by atoms with E-state index in [4.69, 9.17) is 0 Å². The Morgan fingerprint density at radius 3 is 2.77 bits per heavy atom. The van der Waals surface area contributed by atoms with Crippen molar-refractivity contribution in [1.29, 1.82) is 0 Å². The second kappa shape index (κ2) is 7.97. The van der Waals surface area contributed by atoms with Crippen molar-refractivity contribution in [2.24, 2.45) is 0 Å². The first kappa shape index (κ1) is 12.3. The highest BCUT2D eigenvalue weighted by atomic mass is 79.9. The first-order chi connectivity index (χ1) is 6.26. The Labute approximate surface area is 83.5 Å². The number of halogens is 2. The first-order valence-corrected chi connectivity index (χ1v) is 4.76. The van der Waals surface area contributed by atoms with Gasteiger partial charge in [-0.15, -0.1) is 0 Å². The van der Waals surface area contributed by atoms with Gasteiger partial charge in [0, 0.05) is 11.8 Å². The van der Waals surface area contributed by atoms with Gasteiger partial charge >= 0.3 is 5.97 Å². The van der Waals surface area contributed by atoms with Crippen LogP contribution in [0.3, 0.4) is 0 Å². The fourth-order valence-corrected chi connectivity index (χ4v) is 1.06. The molecule has 76 valence electrons. The second-order valence-corrected chi connectivity index (χ2v) is 2.85. The molecule has 0 aliphatic carbocycles. The van der Waals surface area contributed by atoms with Crippen LogP contribution in [0.1, 0.15) is 6.42 Å². The number of carbonyl (C=O) groups excluding carboxylic acids is 2. The van der Waals surface area contributed by atoms with Gasteiger partial charge in [-0.2, -0.15) is 0 Å². The molecule has 0 N–H and O–H groups in total. The van der Waals surface area contributed by atoms with Crippen molar-refractivity contribution in [3.8, 4) is 0 Å². The van der Waals surface area contributed by atoms with Gasteiger partial charge in [-0.05, 0) is 0 Å². The standard InChI is InChI=1S/C7H10BrFO4/c8-2-1-6(13-5-10)7(11)12-4-3-9/h5-6H,1-4H2. The molecule has 6 heteroatoms. The van der Waals surface area contributed by atoms with E-state index in [0.29, 0.717) is 11.8 Å². The molecular formula is C7H10BrFO4. The van der Waals surface area contributed by atoms with E-state index in [1.165, 1.54) is 0 Å². The Balaban J connectivity index is 3.87. The minimum Gasteiger partial charge on any atom is -0.460 e. The van der Waals surface area contributed by atoms with Gasteiger partial charge < -0.3 is 9.47 Å². The molecule has 0 rings (SSSR count). The summed E-state index contributed by atoms with van der Waals surface area (Å²) in [6, 6.07) is 0. The molecule has 13 heavy (non-hydrogen) atoms. The molecular weight excluding hydrogens is 247 g/mol. The van der Waals surface area contributed by atoms with Crippen molar-refractivity contribution in [3.63, 3.8) is 0 Å². The third kappa shape index (κ3) is 5.57. The fourth-order valence-electron chi connectivity index (χ4n) is 0.640. The molecule has 4 nitrogen and oxygen atoms in total. The average molecular weight is 257 g/mol. The van der Waals surface area contributed by atoms with Gasteiger partial charge in [-0.1, -0.05) is 15.9 Å². The normalized spacial score (nSPS) is 11.8. The van der Waals surface area contributed by atoms with Crippen LogP contribution in [0.2, 0.25) is 0 Å². The average Bonchev–Trinajstić information content (AvgIpc) is 2.14. The zero-order valence-electron chi connectivity index (χ0n) is 6.87. The number of carbonyl (C=O) groups is 2. The molecule has 0 aliphatic rings. The lowest BCUT2D eigenvalue weighted by Crippen LogP contribution is -2.27. The highest BCUT2D eigenvalue weighted by Gasteiger charge is 2.20. The number of esters is 1. The highest BCUT2D eigenvalue weighted by Crippen LogP contribution is 2.02. The summed E-state index contributed by atoms with van der Waals surface area (Å²) in [6.07, 6.45) is -0.632. The number of ether oxygens (including phenoxy) is 2. The van der Waals surface area contributed by atoms with Crippen molar-refractivity contribution in [2.45, 2.75) is 12.5 Å². The maximum Gasteiger partial charge on any atom is 0.347 e. The molecule has 0 radical (unpaired) electrons. The Hall–Kier alpha value is -0.650. The second-order valence-electron chi connectivity index (χ2n) is 2.06. The molecule has 0 aromatic heterocycles. The molecule has 0 spiro atoms.